The molecular weight excluding hydrogens is 310 g/mol. The maximum atomic E-state index is 12.3. The topological polar surface area (TPSA) is 81.7 Å². The van der Waals surface area contributed by atoms with E-state index in [1.54, 1.807) is 64.8 Å². The van der Waals surface area contributed by atoms with Crippen molar-refractivity contribution in [2.45, 2.75) is 13.0 Å². The van der Waals surface area contributed by atoms with Gasteiger partial charge in [0.25, 0.3) is 0 Å². The fourth-order valence-electron chi connectivity index (χ4n) is 2.03. The van der Waals surface area contributed by atoms with E-state index in [4.69, 9.17) is 14.2 Å². The number of aromatic nitrogens is 1. The fourth-order valence-corrected chi connectivity index (χ4v) is 2.03. The number of benzene rings is 1. The number of pyridine rings is 1. The molecule has 0 unspecified atom stereocenters. The average Bonchev–Trinajstić information content (AvgIpc) is 2.61. The third-order valence-electron chi connectivity index (χ3n) is 3.34. The van der Waals surface area contributed by atoms with Crippen molar-refractivity contribution in [3.63, 3.8) is 0 Å². The monoisotopic (exact) mass is 331 g/mol. The molecule has 2 N–H and O–H groups in total. The van der Waals surface area contributed by atoms with E-state index in [0.29, 0.717) is 23.1 Å². The Morgan fingerprint density at radius 2 is 1.67 bits per heavy atom. The third kappa shape index (κ3) is 4.52. The van der Waals surface area contributed by atoms with Crippen LogP contribution in [0.4, 0.5) is 11.4 Å². The van der Waals surface area contributed by atoms with Gasteiger partial charge < -0.3 is 24.8 Å². The number of ether oxygens (including phenoxy) is 3. The van der Waals surface area contributed by atoms with Crippen LogP contribution in [0.5, 0.6) is 17.4 Å². The second kappa shape index (κ2) is 8.05. The van der Waals surface area contributed by atoms with Gasteiger partial charge in [-0.25, -0.2) is 4.98 Å². The number of nitrogens with one attached hydrogen (secondary N) is 2. The summed E-state index contributed by atoms with van der Waals surface area (Å²) in [6.45, 7) is 1.76. The molecule has 1 aromatic heterocycles. The molecule has 7 heteroatoms. The van der Waals surface area contributed by atoms with Gasteiger partial charge in [0.15, 0.2) is 0 Å². The number of hydrogen-bond donors (Lipinski definition) is 2. The smallest absolute Gasteiger partial charge is 0.246 e. The van der Waals surface area contributed by atoms with Gasteiger partial charge in [-0.15, -0.1) is 0 Å². The molecule has 1 atom stereocenters. The first kappa shape index (κ1) is 17.4. The van der Waals surface area contributed by atoms with Crippen LogP contribution >= 0.6 is 0 Å². The SMILES string of the molecule is COc1cc(NC(=O)[C@@H](C)Nc2ccc(OC)nc2)cc(OC)c1. The number of carbonyl (C=O) groups excluding carboxylic acids is 1. The molecule has 0 aliphatic carbocycles. The van der Waals surface area contributed by atoms with E-state index in [-0.39, 0.29) is 5.91 Å². The second-order valence-electron chi connectivity index (χ2n) is 5.05. The molecule has 0 fully saturated rings. The van der Waals surface area contributed by atoms with Crippen molar-refractivity contribution >= 4 is 17.3 Å². The van der Waals surface area contributed by atoms with Crippen molar-refractivity contribution in [2.24, 2.45) is 0 Å². The van der Waals surface area contributed by atoms with Gasteiger partial charge in [0.2, 0.25) is 11.8 Å². The summed E-state index contributed by atoms with van der Waals surface area (Å²) in [5.74, 6) is 1.52. The zero-order chi connectivity index (χ0) is 17.5. The quantitative estimate of drug-likeness (QED) is 0.811. The third-order valence-corrected chi connectivity index (χ3v) is 3.34. The van der Waals surface area contributed by atoms with E-state index >= 15 is 0 Å². The maximum Gasteiger partial charge on any atom is 0.246 e. The number of nitrogens with zero attached hydrogens (tertiary/aromatic N) is 1. The van der Waals surface area contributed by atoms with E-state index in [2.05, 4.69) is 15.6 Å². The Bertz CT molecular complexity index is 666. The van der Waals surface area contributed by atoms with E-state index < -0.39 is 6.04 Å². The molecular formula is C17H21N3O4. The molecule has 0 aliphatic rings. The minimum atomic E-state index is -0.461. The normalized spacial score (nSPS) is 11.3. The van der Waals surface area contributed by atoms with Crippen molar-refractivity contribution in [3.8, 4) is 17.4 Å². The van der Waals surface area contributed by atoms with Gasteiger partial charge in [-0.1, -0.05) is 0 Å². The van der Waals surface area contributed by atoms with Crippen LogP contribution in [0.1, 0.15) is 6.92 Å². The van der Waals surface area contributed by atoms with Gasteiger partial charge in [-0.3, -0.25) is 4.79 Å². The standard InChI is InChI=1S/C17H21N3O4/c1-11(19-12-5-6-16(24-4)18-10-12)17(21)20-13-7-14(22-2)9-15(8-13)23-3/h5-11,19H,1-4H3,(H,20,21)/t11-/m1/s1. The number of rotatable bonds is 7. The van der Waals surface area contributed by atoms with Crippen LogP contribution in [-0.4, -0.2) is 38.3 Å². The lowest BCUT2D eigenvalue weighted by Gasteiger charge is -2.16. The molecule has 128 valence electrons. The van der Waals surface area contributed by atoms with Crippen LogP contribution in [0, 0.1) is 0 Å². The summed E-state index contributed by atoms with van der Waals surface area (Å²) in [5, 5.41) is 5.91. The molecule has 2 aromatic rings. The number of carbonyl (C=O) groups is 1. The maximum absolute atomic E-state index is 12.3. The first-order chi connectivity index (χ1) is 11.5. The minimum Gasteiger partial charge on any atom is -0.497 e. The summed E-state index contributed by atoms with van der Waals surface area (Å²) in [7, 11) is 4.66. The Balaban J connectivity index is 2.02. The first-order valence-electron chi connectivity index (χ1n) is 7.36. The molecule has 1 aromatic carbocycles. The van der Waals surface area contributed by atoms with Gasteiger partial charge >= 0.3 is 0 Å². The highest BCUT2D eigenvalue weighted by Crippen LogP contribution is 2.26. The Hall–Kier alpha value is -2.96. The van der Waals surface area contributed by atoms with E-state index in [1.807, 2.05) is 0 Å². The highest BCUT2D eigenvalue weighted by atomic mass is 16.5. The predicted molar refractivity (Wildman–Crippen MR) is 92.0 cm³/mol. The van der Waals surface area contributed by atoms with Crippen LogP contribution < -0.4 is 24.8 Å². The molecule has 1 amide bonds. The Labute approximate surface area is 140 Å². The second-order valence-corrected chi connectivity index (χ2v) is 5.05. The molecule has 2 rings (SSSR count). The zero-order valence-corrected chi connectivity index (χ0v) is 14.1. The molecule has 24 heavy (non-hydrogen) atoms. The molecule has 0 spiro atoms. The van der Waals surface area contributed by atoms with Gasteiger partial charge in [0.05, 0.1) is 33.2 Å². The minimum absolute atomic E-state index is 0.193. The molecule has 0 saturated carbocycles. The summed E-state index contributed by atoms with van der Waals surface area (Å²) < 4.78 is 15.4. The van der Waals surface area contributed by atoms with Crippen LogP contribution in [0.25, 0.3) is 0 Å². The number of amides is 1. The predicted octanol–water partition coefficient (Wildman–Crippen LogP) is 2.55. The molecule has 0 aliphatic heterocycles. The van der Waals surface area contributed by atoms with Gasteiger partial charge in [0, 0.05) is 30.0 Å². The Morgan fingerprint density at radius 1 is 1.00 bits per heavy atom. The Kier molecular flexibility index (Phi) is 5.83. The van der Waals surface area contributed by atoms with E-state index in [0.717, 1.165) is 5.69 Å². The van der Waals surface area contributed by atoms with Gasteiger partial charge in [0.1, 0.15) is 17.5 Å². The summed E-state index contributed by atoms with van der Waals surface area (Å²) in [5.41, 5.74) is 1.32. The van der Waals surface area contributed by atoms with Crippen molar-refractivity contribution in [1.29, 1.82) is 0 Å². The van der Waals surface area contributed by atoms with Crippen LogP contribution in [0.15, 0.2) is 36.5 Å². The summed E-state index contributed by atoms with van der Waals surface area (Å²) in [6.07, 6.45) is 1.61. The first-order valence-corrected chi connectivity index (χ1v) is 7.36. The van der Waals surface area contributed by atoms with Gasteiger partial charge in [-0.2, -0.15) is 0 Å². The molecule has 0 bridgehead atoms. The molecule has 0 saturated heterocycles. The zero-order valence-electron chi connectivity index (χ0n) is 14.1. The lowest BCUT2D eigenvalue weighted by atomic mass is 10.2. The number of hydrogen-bond acceptors (Lipinski definition) is 6. The van der Waals surface area contributed by atoms with E-state index in [9.17, 15) is 4.79 Å². The molecule has 0 radical (unpaired) electrons. The van der Waals surface area contributed by atoms with Crippen molar-refractivity contribution in [3.05, 3.63) is 36.5 Å². The lowest BCUT2D eigenvalue weighted by Crippen LogP contribution is -2.31. The lowest BCUT2D eigenvalue weighted by molar-refractivity contribution is -0.116. The largest absolute Gasteiger partial charge is 0.497 e. The molecule has 1 heterocycles. The van der Waals surface area contributed by atoms with Crippen LogP contribution in [0.2, 0.25) is 0 Å². The number of methoxy groups -OCH3 is 3. The number of anilines is 2. The Morgan fingerprint density at radius 3 is 2.17 bits per heavy atom. The van der Waals surface area contributed by atoms with Crippen LogP contribution in [-0.2, 0) is 4.79 Å². The average molecular weight is 331 g/mol. The fraction of sp³-hybridized carbons (Fsp3) is 0.294. The van der Waals surface area contributed by atoms with Crippen molar-refractivity contribution in [2.75, 3.05) is 32.0 Å². The summed E-state index contributed by atoms with van der Waals surface area (Å²) in [6, 6.07) is 8.24. The summed E-state index contributed by atoms with van der Waals surface area (Å²) >= 11 is 0. The highest BCUT2D eigenvalue weighted by Gasteiger charge is 2.14. The molecule has 7 nitrogen and oxygen atoms in total. The highest BCUT2D eigenvalue weighted by molar-refractivity contribution is 5.96. The van der Waals surface area contributed by atoms with Gasteiger partial charge in [-0.05, 0) is 13.0 Å². The van der Waals surface area contributed by atoms with Crippen molar-refractivity contribution < 1.29 is 19.0 Å². The van der Waals surface area contributed by atoms with Crippen molar-refractivity contribution in [1.82, 2.24) is 4.98 Å². The van der Waals surface area contributed by atoms with E-state index in [1.165, 1.54) is 0 Å². The summed E-state index contributed by atoms with van der Waals surface area (Å²) in [4.78, 5) is 16.4. The van der Waals surface area contributed by atoms with Crippen LogP contribution in [0.3, 0.4) is 0 Å².